The fraction of sp³-hybridized carbons (Fsp3) is 0. The second kappa shape index (κ2) is 35.7. The minimum atomic E-state index is 1.09. The molecule has 0 aliphatic carbocycles. The van der Waals surface area contributed by atoms with Crippen LogP contribution < -0.4 is 0 Å². The second-order valence-corrected chi connectivity index (χ2v) is 38.4. The van der Waals surface area contributed by atoms with E-state index in [-0.39, 0.29) is 0 Å². The van der Waals surface area contributed by atoms with Crippen LogP contribution in [-0.4, -0.2) is 14.1 Å². The van der Waals surface area contributed by atoms with Gasteiger partial charge in [-0.1, -0.05) is 487 Å². The first-order valence-corrected chi connectivity index (χ1v) is 49.8. The molecule has 28 aromatic rings. The third kappa shape index (κ3) is 14.6. The van der Waals surface area contributed by atoms with Crippen LogP contribution in [0.3, 0.4) is 0 Å². The Balaban J connectivity index is 0.000000144. The third-order valence-electron chi connectivity index (χ3n) is 28.7. The number of aromatic nitrogens is 3. The minimum Gasteiger partial charge on any atom is -0.354 e. The summed E-state index contributed by atoms with van der Waals surface area (Å²) in [5, 5.41) is 28.3. The van der Waals surface area contributed by atoms with Gasteiger partial charge in [-0.2, -0.15) is 0 Å². The zero-order chi connectivity index (χ0) is 93.5. The molecule has 3 aromatic heterocycles. The molecule has 0 spiro atoms. The van der Waals surface area contributed by atoms with Gasteiger partial charge in [0.05, 0.1) is 28.1 Å². The van der Waals surface area contributed by atoms with Crippen LogP contribution >= 0.6 is 31.9 Å². The van der Waals surface area contributed by atoms with Crippen LogP contribution in [0.4, 0.5) is 0 Å². The lowest BCUT2D eigenvalue weighted by molar-refractivity contribution is 1.14. The summed E-state index contributed by atoms with van der Waals surface area (Å²) >= 11 is 7.38. The molecular formula is C136H87Br2N3. The molecule has 1 N–H and O–H groups in total. The number of H-pyrrole nitrogens is 1. The van der Waals surface area contributed by atoms with E-state index in [1.165, 1.54) is 241 Å². The predicted octanol–water partition coefficient (Wildman–Crippen LogP) is 39.2. The monoisotopic (exact) mass is 1920 g/mol. The molecule has 0 fully saturated rings. The molecule has 0 unspecified atom stereocenters. The Hall–Kier alpha value is -17.3. The molecular weight excluding hydrogens is 1840 g/mol. The number of rotatable bonds is 12. The average molecular weight is 1920 g/mol. The summed E-state index contributed by atoms with van der Waals surface area (Å²) in [4.78, 5) is 3.74. The first-order valence-electron chi connectivity index (χ1n) is 48.2. The van der Waals surface area contributed by atoms with E-state index in [1.807, 2.05) is 0 Å². The molecule has 0 radical (unpaired) electrons. The maximum Gasteiger partial charge on any atom is 0.0625 e. The van der Waals surface area contributed by atoms with Crippen molar-refractivity contribution in [3.63, 3.8) is 0 Å². The van der Waals surface area contributed by atoms with Crippen LogP contribution in [0.1, 0.15) is 0 Å². The Morgan fingerprint density at radius 1 is 0.156 bits per heavy atom. The van der Waals surface area contributed by atoms with Crippen molar-refractivity contribution >= 4 is 172 Å². The van der Waals surface area contributed by atoms with Crippen molar-refractivity contribution in [2.75, 3.05) is 0 Å². The highest BCUT2D eigenvalue weighted by Gasteiger charge is 2.30. The van der Waals surface area contributed by atoms with Gasteiger partial charge in [0.1, 0.15) is 0 Å². The standard InChI is InChI=1S/C82H52N2.C28H19N.C26H16Br2/c1-3-27-57(28-4-1)77-67-49-47-60(84-76-46-18-16-40-72(76)80(66-42-20-32-54-24-8-12-36-62(54)66)82(84)70-44-22-34-56-26-10-14-38-64(56)70)52-74(67)78(58-29-5-2-6-30-58)68-50-48-59(51-73(68)77)83-75-45-17-15-39-71(75)79(65-41-19-31-53-23-7-11-35-61(53)65)81(83)69-43-21-33-55-25-9-13-37-63(55)69;1-3-13-21-19(9-1)11-7-16-23(21)27-25-15-5-6-18-26(25)29-28(27)24-17-8-12-20-10-2-4-14-22(20)24;27-19-12-14-22-23(15-19)25(17-7-3-1-4-8-17)21-13-11-20(28)16-24(21)26(22)18-9-5-2-6-10-18/h1-52H;1-18,29H;1-16H. The Morgan fingerprint density at radius 2 is 0.404 bits per heavy atom. The summed E-state index contributed by atoms with van der Waals surface area (Å²) in [6.07, 6.45) is 0. The number of hydrogen-bond donors (Lipinski definition) is 1. The second-order valence-electron chi connectivity index (χ2n) is 36.5. The van der Waals surface area contributed by atoms with Gasteiger partial charge in [0.25, 0.3) is 0 Å². The average Bonchev–Trinajstić information content (AvgIpc) is 1.64. The highest BCUT2D eigenvalue weighted by Crippen LogP contribution is 2.54. The lowest BCUT2D eigenvalue weighted by atomic mass is 9.85. The van der Waals surface area contributed by atoms with Crippen molar-refractivity contribution in [2.45, 2.75) is 0 Å². The van der Waals surface area contributed by atoms with E-state index < -0.39 is 0 Å². The summed E-state index contributed by atoms with van der Waals surface area (Å²) < 4.78 is 7.29. The van der Waals surface area contributed by atoms with Gasteiger partial charge in [-0.3, -0.25) is 0 Å². The predicted molar refractivity (Wildman–Crippen MR) is 610 cm³/mol. The Kier molecular flexibility index (Phi) is 21.3. The van der Waals surface area contributed by atoms with Gasteiger partial charge >= 0.3 is 0 Å². The topological polar surface area (TPSA) is 25.6 Å². The first-order chi connectivity index (χ1) is 69.8. The van der Waals surface area contributed by atoms with Crippen molar-refractivity contribution in [2.24, 2.45) is 0 Å². The molecule has 0 saturated carbocycles. The molecule has 0 amide bonds. The lowest BCUT2D eigenvalue weighted by Crippen LogP contribution is -2.01. The van der Waals surface area contributed by atoms with Gasteiger partial charge in [0.15, 0.2) is 0 Å². The van der Waals surface area contributed by atoms with Gasteiger partial charge in [0, 0.05) is 75.4 Å². The van der Waals surface area contributed by atoms with Gasteiger partial charge < -0.3 is 14.1 Å². The van der Waals surface area contributed by atoms with Crippen LogP contribution in [0.25, 0.3) is 263 Å². The zero-order valence-electron chi connectivity index (χ0n) is 76.8. The summed E-state index contributed by atoms with van der Waals surface area (Å²) in [5.41, 5.74) is 30.0. The number of halogens is 2. The summed E-state index contributed by atoms with van der Waals surface area (Å²) in [7, 11) is 0. The molecule has 0 aliphatic heterocycles. The molecule has 25 aromatic carbocycles. The van der Waals surface area contributed by atoms with E-state index in [4.69, 9.17) is 0 Å². The summed E-state index contributed by atoms with van der Waals surface area (Å²) in [5.74, 6) is 0. The molecule has 0 bridgehead atoms. The molecule has 0 atom stereocenters. The number of hydrogen-bond acceptors (Lipinski definition) is 0. The smallest absolute Gasteiger partial charge is 0.0625 e. The molecule has 5 heteroatoms. The molecule has 0 saturated heterocycles. The van der Waals surface area contributed by atoms with E-state index in [1.54, 1.807) is 0 Å². The van der Waals surface area contributed by atoms with Crippen molar-refractivity contribution in [1.82, 2.24) is 14.1 Å². The van der Waals surface area contributed by atoms with Gasteiger partial charge in [-0.25, -0.2) is 0 Å². The number of nitrogens with zero attached hydrogens (tertiary/aromatic N) is 2. The van der Waals surface area contributed by atoms with Crippen LogP contribution in [0.2, 0.25) is 0 Å². The lowest BCUT2D eigenvalue weighted by Gasteiger charge is -2.22. The van der Waals surface area contributed by atoms with Gasteiger partial charge in [0.2, 0.25) is 0 Å². The maximum atomic E-state index is 3.74. The largest absolute Gasteiger partial charge is 0.354 e. The molecule has 3 heterocycles. The van der Waals surface area contributed by atoms with E-state index >= 15 is 0 Å². The Labute approximate surface area is 833 Å². The maximum absolute atomic E-state index is 3.74. The van der Waals surface area contributed by atoms with Crippen LogP contribution in [0.5, 0.6) is 0 Å². The van der Waals surface area contributed by atoms with Crippen LogP contribution in [0, 0.1) is 0 Å². The summed E-state index contributed by atoms with van der Waals surface area (Å²) in [6, 6.07) is 191. The van der Waals surface area contributed by atoms with E-state index in [2.05, 4.69) is 568 Å². The van der Waals surface area contributed by atoms with E-state index in [0.29, 0.717) is 0 Å². The molecule has 660 valence electrons. The zero-order valence-corrected chi connectivity index (χ0v) is 80.0. The van der Waals surface area contributed by atoms with Crippen LogP contribution in [-0.2, 0) is 0 Å². The number of fused-ring (bicyclic) bond motifs is 13. The third-order valence-corrected chi connectivity index (χ3v) is 29.7. The number of nitrogens with one attached hydrogen (secondary N) is 1. The van der Waals surface area contributed by atoms with Gasteiger partial charge in [-0.05, 0) is 236 Å². The molecule has 141 heavy (non-hydrogen) atoms. The normalized spacial score (nSPS) is 11.6. The molecule has 28 rings (SSSR count). The number of para-hydroxylation sites is 3. The van der Waals surface area contributed by atoms with Crippen molar-refractivity contribution < 1.29 is 0 Å². The Bertz CT molecular complexity index is 9360. The van der Waals surface area contributed by atoms with Crippen molar-refractivity contribution in [3.8, 4) is 123 Å². The van der Waals surface area contributed by atoms with Crippen molar-refractivity contribution in [3.05, 3.63) is 531 Å². The van der Waals surface area contributed by atoms with E-state index in [9.17, 15) is 0 Å². The van der Waals surface area contributed by atoms with E-state index in [0.717, 1.165) is 31.4 Å². The van der Waals surface area contributed by atoms with Gasteiger partial charge in [-0.15, -0.1) is 0 Å². The Morgan fingerprint density at radius 3 is 0.752 bits per heavy atom. The van der Waals surface area contributed by atoms with Crippen molar-refractivity contribution in [1.29, 1.82) is 0 Å². The first kappa shape index (κ1) is 84.2. The molecule has 3 nitrogen and oxygen atoms in total. The highest BCUT2D eigenvalue weighted by molar-refractivity contribution is 9.10. The fourth-order valence-corrected chi connectivity index (χ4v) is 23.4. The number of aromatic amines is 1. The quantitative estimate of drug-likeness (QED) is 0.118. The minimum absolute atomic E-state index is 1.09. The summed E-state index contributed by atoms with van der Waals surface area (Å²) in [6.45, 7) is 0. The highest BCUT2D eigenvalue weighted by atomic mass is 79.9. The SMILES string of the molecule is Brc1ccc2c(-c3ccccc3)c3cc(Br)ccc3c(-c3ccccc3)c2c1.c1ccc(-c2c3ccc(-n4c(-c5cccc6ccccc56)c(-c5cccc6ccccc56)c5ccccc54)cc3c(-c3ccccc3)c3ccc(-n4c(-c5cccc6ccccc56)c(-c5cccc6ccccc56)c5ccccc54)cc23)cc1.c1ccc2c(-c3[nH]c4ccccc4c3-c3cccc4ccccc34)cccc2c1. The molecule has 0 aliphatic rings. The fourth-order valence-electron chi connectivity index (χ4n) is 22.7. The van der Waals surface area contributed by atoms with Crippen LogP contribution in [0.15, 0.2) is 531 Å². The number of benzene rings is 25.